The zero-order chi connectivity index (χ0) is 22.1. The summed E-state index contributed by atoms with van der Waals surface area (Å²) in [6, 6.07) is 6.43. The van der Waals surface area contributed by atoms with E-state index in [1.165, 1.54) is 32.7 Å². The molecule has 0 saturated heterocycles. The van der Waals surface area contributed by atoms with Gasteiger partial charge < -0.3 is 10.6 Å². The summed E-state index contributed by atoms with van der Waals surface area (Å²) in [7, 11) is 0. The monoisotopic (exact) mass is 469 g/mol. The Bertz CT molecular complexity index is 1180. The predicted octanol–water partition coefficient (Wildman–Crippen LogP) is 5.27. The molecule has 3 heterocycles. The summed E-state index contributed by atoms with van der Waals surface area (Å²) < 4.78 is 14.6. The molecule has 0 unspecified atom stereocenters. The Labute approximate surface area is 194 Å². The minimum atomic E-state index is -0.347. The number of fused-ring (bicyclic) bond motifs is 2. The summed E-state index contributed by atoms with van der Waals surface area (Å²) >= 11 is 3.09. The maximum absolute atomic E-state index is 14.6. The van der Waals surface area contributed by atoms with Crippen LogP contribution in [0.25, 0.3) is 10.4 Å². The summed E-state index contributed by atoms with van der Waals surface area (Å²) in [4.78, 5) is 27.7. The highest BCUT2D eigenvalue weighted by Crippen LogP contribution is 2.40. The highest BCUT2D eigenvalue weighted by atomic mass is 32.1. The van der Waals surface area contributed by atoms with E-state index in [9.17, 15) is 14.0 Å². The molecule has 5 rings (SSSR count). The van der Waals surface area contributed by atoms with E-state index in [0.717, 1.165) is 67.5 Å². The standard InChI is InChI=1S/C24H24FN3O2S2/c25-19-7-3-1-6-16(19)22-17(15-9-10-26-12-21(15)31-22)11-27-24(30)28-23-18(13-29)14-5-2-4-8-20(14)32-23/h1,3,6-7,13,26H,2,4-5,8-12H2,(H2,27,28,30). The fourth-order valence-corrected chi connectivity index (χ4v) is 7.19. The van der Waals surface area contributed by atoms with Crippen LogP contribution in [0, 0.1) is 5.82 Å². The average Bonchev–Trinajstić information content (AvgIpc) is 3.35. The number of halogens is 1. The van der Waals surface area contributed by atoms with E-state index in [2.05, 4.69) is 16.0 Å². The van der Waals surface area contributed by atoms with Crippen LogP contribution in [0.3, 0.4) is 0 Å². The second-order valence-electron chi connectivity index (χ2n) is 8.10. The fraction of sp³-hybridized carbons (Fsp3) is 0.333. The van der Waals surface area contributed by atoms with Crippen LogP contribution in [0.15, 0.2) is 24.3 Å². The summed E-state index contributed by atoms with van der Waals surface area (Å²) in [6.07, 6.45) is 5.76. The molecule has 0 radical (unpaired) electrons. The van der Waals surface area contributed by atoms with E-state index >= 15 is 0 Å². The second-order valence-corrected chi connectivity index (χ2v) is 10.3. The van der Waals surface area contributed by atoms with Gasteiger partial charge in [0, 0.05) is 33.3 Å². The van der Waals surface area contributed by atoms with Gasteiger partial charge in [0.05, 0.1) is 5.56 Å². The molecule has 1 aliphatic carbocycles. The van der Waals surface area contributed by atoms with Crippen LogP contribution in [0.4, 0.5) is 14.2 Å². The van der Waals surface area contributed by atoms with Crippen molar-refractivity contribution in [2.24, 2.45) is 0 Å². The topological polar surface area (TPSA) is 70.2 Å². The first kappa shape index (κ1) is 21.3. The van der Waals surface area contributed by atoms with Gasteiger partial charge in [-0.05, 0) is 61.4 Å². The van der Waals surface area contributed by atoms with Crippen LogP contribution >= 0.6 is 22.7 Å². The molecule has 3 N–H and O–H groups in total. The van der Waals surface area contributed by atoms with Crippen molar-refractivity contribution in [1.82, 2.24) is 10.6 Å². The van der Waals surface area contributed by atoms with Crippen molar-refractivity contribution in [1.29, 1.82) is 0 Å². The Morgan fingerprint density at radius 1 is 1.09 bits per heavy atom. The van der Waals surface area contributed by atoms with Gasteiger partial charge in [0.15, 0.2) is 6.29 Å². The molecule has 8 heteroatoms. The maximum atomic E-state index is 14.6. The molecule has 2 aromatic heterocycles. The average molecular weight is 470 g/mol. The van der Waals surface area contributed by atoms with Crippen LogP contribution in [-0.2, 0) is 32.4 Å². The number of hydrogen-bond acceptors (Lipinski definition) is 5. The van der Waals surface area contributed by atoms with Crippen molar-refractivity contribution >= 4 is 40.0 Å². The second kappa shape index (κ2) is 9.13. The number of hydrogen-bond donors (Lipinski definition) is 3. The van der Waals surface area contributed by atoms with E-state index in [4.69, 9.17) is 0 Å². The summed E-state index contributed by atoms with van der Waals surface area (Å²) in [6.45, 7) is 1.93. The molecule has 2 aliphatic rings. The van der Waals surface area contributed by atoms with Gasteiger partial charge >= 0.3 is 6.03 Å². The summed E-state index contributed by atoms with van der Waals surface area (Å²) in [5.41, 5.74) is 4.46. The molecule has 0 atom stereocenters. The van der Waals surface area contributed by atoms with Gasteiger partial charge in [-0.25, -0.2) is 9.18 Å². The van der Waals surface area contributed by atoms with Crippen molar-refractivity contribution in [2.75, 3.05) is 11.9 Å². The van der Waals surface area contributed by atoms with Crippen LogP contribution in [0.2, 0.25) is 0 Å². The van der Waals surface area contributed by atoms with Gasteiger partial charge in [-0.2, -0.15) is 0 Å². The third-order valence-corrected chi connectivity index (χ3v) is 8.67. The number of rotatable bonds is 5. The Kier molecular flexibility index (Phi) is 6.08. The lowest BCUT2D eigenvalue weighted by Crippen LogP contribution is -2.29. The third kappa shape index (κ3) is 3.98. The zero-order valence-electron chi connectivity index (χ0n) is 17.6. The van der Waals surface area contributed by atoms with E-state index in [0.29, 0.717) is 22.7 Å². The smallest absolute Gasteiger partial charge is 0.320 e. The number of aldehydes is 1. The number of amides is 2. The van der Waals surface area contributed by atoms with Crippen LogP contribution in [0.5, 0.6) is 0 Å². The normalized spacial score (nSPS) is 15.0. The van der Waals surface area contributed by atoms with Gasteiger partial charge in [-0.15, -0.1) is 22.7 Å². The highest BCUT2D eigenvalue weighted by molar-refractivity contribution is 7.17. The van der Waals surface area contributed by atoms with E-state index in [-0.39, 0.29) is 11.8 Å². The number of carbonyl (C=O) groups is 2. The number of nitrogens with one attached hydrogen (secondary N) is 3. The minimum Gasteiger partial charge on any atom is -0.334 e. The molecule has 3 aromatic rings. The summed E-state index contributed by atoms with van der Waals surface area (Å²) in [5.74, 6) is -0.260. The van der Waals surface area contributed by atoms with Crippen molar-refractivity contribution in [3.05, 3.63) is 62.1 Å². The lowest BCUT2D eigenvalue weighted by molar-refractivity contribution is 0.112. The Balaban J connectivity index is 1.38. The minimum absolute atomic E-state index is 0.260. The first-order chi connectivity index (χ1) is 15.7. The van der Waals surface area contributed by atoms with Crippen LogP contribution in [-0.4, -0.2) is 18.9 Å². The number of carbonyl (C=O) groups excluding carboxylic acids is 2. The van der Waals surface area contributed by atoms with Crippen molar-refractivity contribution in [3.63, 3.8) is 0 Å². The van der Waals surface area contributed by atoms with Gasteiger partial charge in [0.25, 0.3) is 0 Å². The highest BCUT2D eigenvalue weighted by Gasteiger charge is 2.24. The zero-order valence-corrected chi connectivity index (χ0v) is 19.2. The predicted molar refractivity (Wildman–Crippen MR) is 127 cm³/mol. The molecular weight excluding hydrogens is 445 g/mol. The van der Waals surface area contributed by atoms with Crippen LogP contribution in [0.1, 0.15) is 49.6 Å². The molecule has 166 valence electrons. The molecule has 2 amide bonds. The van der Waals surface area contributed by atoms with E-state index < -0.39 is 0 Å². The molecule has 1 aromatic carbocycles. The Hall–Kier alpha value is -2.55. The van der Waals surface area contributed by atoms with Gasteiger partial charge in [-0.1, -0.05) is 18.2 Å². The first-order valence-corrected chi connectivity index (χ1v) is 12.5. The number of urea groups is 1. The third-order valence-electron chi connectivity index (χ3n) is 6.14. The van der Waals surface area contributed by atoms with E-state index in [1.54, 1.807) is 23.5 Å². The molecule has 5 nitrogen and oxygen atoms in total. The maximum Gasteiger partial charge on any atom is 0.320 e. The largest absolute Gasteiger partial charge is 0.334 e. The fourth-order valence-electron chi connectivity index (χ4n) is 4.57. The van der Waals surface area contributed by atoms with Crippen molar-refractivity contribution in [3.8, 4) is 10.4 Å². The lowest BCUT2D eigenvalue weighted by atomic mass is 9.96. The SMILES string of the molecule is O=Cc1c(NC(=O)NCc2c(-c3ccccc3F)sc3c2CCNC3)sc2c1CCCC2. The van der Waals surface area contributed by atoms with Crippen molar-refractivity contribution in [2.45, 2.75) is 45.2 Å². The Morgan fingerprint density at radius 2 is 1.94 bits per heavy atom. The molecule has 0 bridgehead atoms. The quantitative estimate of drug-likeness (QED) is 0.446. The summed E-state index contributed by atoms with van der Waals surface area (Å²) in [5, 5.41) is 9.82. The molecular formula is C24H24FN3O2S2. The molecule has 0 saturated carbocycles. The number of thiophene rings is 2. The molecule has 1 aliphatic heterocycles. The number of benzene rings is 1. The van der Waals surface area contributed by atoms with Gasteiger partial charge in [0.1, 0.15) is 10.8 Å². The van der Waals surface area contributed by atoms with Gasteiger partial charge in [-0.3, -0.25) is 10.1 Å². The Morgan fingerprint density at radius 3 is 2.78 bits per heavy atom. The lowest BCUT2D eigenvalue weighted by Gasteiger charge is -2.15. The van der Waals surface area contributed by atoms with Crippen LogP contribution < -0.4 is 16.0 Å². The number of aryl methyl sites for hydroxylation is 1. The van der Waals surface area contributed by atoms with Crippen molar-refractivity contribution < 1.29 is 14.0 Å². The van der Waals surface area contributed by atoms with E-state index in [1.807, 2.05) is 6.07 Å². The molecule has 0 fully saturated rings. The van der Waals surface area contributed by atoms with Gasteiger partial charge in [0.2, 0.25) is 0 Å². The first-order valence-electron chi connectivity index (χ1n) is 10.9. The number of anilines is 1. The molecule has 0 spiro atoms. The molecule has 32 heavy (non-hydrogen) atoms.